The van der Waals surface area contributed by atoms with Gasteiger partial charge in [-0.1, -0.05) is 26.8 Å². The number of phosphoric ester groups is 1. The molecule has 12 heteroatoms. The van der Waals surface area contributed by atoms with Crippen LogP contribution in [0.5, 0.6) is 5.75 Å². The molecule has 0 aliphatic rings. The number of hydrogen-bond donors (Lipinski definition) is 1. The Morgan fingerprint density at radius 3 is 1.82 bits per heavy atom. The quantitative estimate of drug-likeness (QED) is 0.0939. The second-order valence-corrected chi connectivity index (χ2v) is 23.2. The van der Waals surface area contributed by atoms with Gasteiger partial charge in [0, 0.05) is 17.6 Å². The molecule has 0 aliphatic heterocycles. The van der Waals surface area contributed by atoms with E-state index in [1.807, 2.05) is 32.9 Å². The first-order chi connectivity index (χ1) is 19.9. The highest BCUT2D eigenvalue weighted by molar-refractivity contribution is 7.48. The fraction of sp³-hybridized carbons (Fsp3) is 0.788. The van der Waals surface area contributed by atoms with Crippen molar-refractivity contribution in [2.45, 2.75) is 157 Å². The molecule has 1 aromatic carbocycles. The van der Waals surface area contributed by atoms with Gasteiger partial charge in [-0.2, -0.15) is 0 Å². The Labute approximate surface area is 274 Å². The van der Waals surface area contributed by atoms with Crippen molar-refractivity contribution in [3.63, 3.8) is 0 Å². The van der Waals surface area contributed by atoms with E-state index in [-0.39, 0.29) is 24.0 Å². The molecule has 0 saturated heterocycles. The summed E-state index contributed by atoms with van der Waals surface area (Å²) in [6.45, 7) is 33.2. The third-order valence-electron chi connectivity index (χ3n) is 6.49. The van der Waals surface area contributed by atoms with Gasteiger partial charge in [-0.25, -0.2) is 13.9 Å². The van der Waals surface area contributed by atoms with E-state index in [0.29, 0.717) is 12.3 Å². The number of carbonyl (C=O) groups is 1. The molecule has 0 amide bonds. The zero-order valence-corrected chi connectivity index (χ0v) is 32.9. The van der Waals surface area contributed by atoms with Crippen molar-refractivity contribution in [2.75, 3.05) is 13.3 Å². The predicted molar refractivity (Wildman–Crippen MR) is 182 cm³/mol. The van der Waals surface area contributed by atoms with Gasteiger partial charge in [-0.15, -0.1) is 0 Å². The molecule has 0 aromatic heterocycles. The highest BCUT2D eigenvalue weighted by Gasteiger charge is 2.39. The lowest BCUT2D eigenvalue weighted by Crippen LogP contribution is -2.40. The van der Waals surface area contributed by atoms with E-state index in [4.69, 9.17) is 32.2 Å². The van der Waals surface area contributed by atoms with Crippen molar-refractivity contribution < 1.29 is 41.6 Å². The van der Waals surface area contributed by atoms with Crippen LogP contribution in [-0.4, -0.2) is 50.2 Å². The van der Waals surface area contributed by atoms with E-state index in [0.717, 1.165) is 11.1 Å². The summed E-state index contributed by atoms with van der Waals surface area (Å²) >= 11 is 0. The second-order valence-electron chi connectivity index (χ2n) is 16.9. The molecule has 1 aromatic rings. The molecule has 1 unspecified atom stereocenters. The minimum absolute atomic E-state index is 0.0189. The summed E-state index contributed by atoms with van der Waals surface area (Å²) in [6.07, 6.45) is -1.42. The molecule has 0 fully saturated rings. The van der Waals surface area contributed by atoms with E-state index in [2.05, 4.69) is 39.2 Å². The zero-order chi connectivity index (χ0) is 35.3. The van der Waals surface area contributed by atoms with Gasteiger partial charge in [0.05, 0.1) is 17.8 Å². The number of rotatable bonds is 13. The van der Waals surface area contributed by atoms with Crippen LogP contribution in [0.2, 0.25) is 18.1 Å². The molecule has 1 N–H and O–H groups in total. The Balaban J connectivity index is 3.46. The van der Waals surface area contributed by atoms with Gasteiger partial charge < -0.3 is 24.0 Å². The topological polar surface area (TPSA) is 111 Å². The van der Waals surface area contributed by atoms with Crippen LogP contribution in [0.25, 0.3) is 0 Å². The smallest absolute Gasteiger partial charge is 0.467 e. The lowest BCUT2D eigenvalue weighted by Gasteiger charge is -2.36. The number of ether oxygens (including phenoxy) is 3. The summed E-state index contributed by atoms with van der Waals surface area (Å²) in [4.78, 5) is 12.7. The van der Waals surface area contributed by atoms with E-state index in [9.17, 15) is 9.36 Å². The molecule has 0 bridgehead atoms. The monoisotopic (exact) mass is 675 g/mol. The third kappa shape index (κ3) is 16.8. The fourth-order valence-electron chi connectivity index (χ4n) is 3.44. The maximum atomic E-state index is 13.6. The standard InChI is InChI=1S/C33H62NO9PSi/c1-29(2,3)34-21-27(40-28(35)41-30(4,5)6)24-18-19-26(25(20-24)22-39-45(16,17)33(13,14)15)37-23-38-44(36,42-31(7,8)9)43-32(10,11)12/h18-20,27,34H,21-23H2,1-17H3. The van der Waals surface area contributed by atoms with Crippen LogP contribution >= 0.6 is 7.82 Å². The largest absolute Gasteiger partial charge is 0.509 e. The fourth-order valence-corrected chi connectivity index (χ4v) is 6.06. The maximum absolute atomic E-state index is 13.6. The van der Waals surface area contributed by atoms with Crippen LogP contribution in [0, 0.1) is 0 Å². The molecule has 1 rings (SSSR count). The SMILES string of the molecule is CC(C)(C)NCC(OC(=O)OC(C)(C)C)c1ccc(OCOP(=O)(OC(C)(C)C)OC(C)(C)C)c(CO[Si](C)(C)C(C)(C)C)c1. The second kappa shape index (κ2) is 15.2. The van der Waals surface area contributed by atoms with Gasteiger partial charge in [0.1, 0.15) is 17.5 Å². The van der Waals surface area contributed by atoms with Crippen LogP contribution in [0.4, 0.5) is 4.79 Å². The number of hydrogen-bond acceptors (Lipinski definition) is 10. The summed E-state index contributed by atoms with van der Waals surface area (Å²) in [5.41, 5.74) is -1.03. The van der Waals surface area contributed by atoms with Crippen molar-refractivity contribution in [1.82, 2.24) is 5.32 Å². The molecule has 0 radical (unpaired) electrons. The molecule has 0 aliphatic carbocycles. The predicted octanol–water partition coefficient (Wildman–Crippen LogP) is 9.68. The minimum Gasteiger partial charge on any atom is -0.467 e. The molecule has 1 atom stereocenters. The van der Waals surface area contributed by atoms with Gasteiger partial charge in [-0.05, 0) is 119 Å². The third-order valence-corrected chi connectivity index (χ3v) is 12.9. The van der Waals surface area contributed by atoms with Crippen molar-refractivity contribution in [2.24, 2.45) is 0 Å². The van der Waals surface area contributed by atoms with Crippen molar-refractivity contribution in [3.05, 3.63) is 29.3 Å². The van der Waals surface area contributed by atoms with Crippen LogP contribution < -0.4 is 10.1 Å². The van der Waals surface area contributed by atoms with Gasteiger partial charge in [0.25, 0.3) is 0 Å². The van der Waals surface area contributed by atoms with E-state index >= 15 is 0 Å². The normalized spacial score (nSPS) is 14.7. The summed E-state index contributed by atoms with van der Waals surface area (Å²) in [7, 11) is -6.14. The molecule has 10 nitrogen and oxygen atoms in total. The summed E-state index contributed by atoms with van der Waals surface area (Å²) < 4.78 is 54.5. The number of carbonyl (C=O) groups excluding carboxylic acids is 1. The van der Waals surface area contributed by atoms with E-state index in [1.54, 1.807) is 68.4 Å². The van der Waals surface area contributed by atoms with Crippen molar-refractivity contribution >= 4 is 22.3 Å². The molecule has 45 heavy (non-hydrogen) atoms. The average molecular weight is 676 g/mol. The number of phosphoric acid groups is 1. The van der Waals surface area contributed by atoms with Crippen LogP contribution in [0.15, 0.2) is 18.2 Å². The Morgan fingerprint density at radius 1 is 0.844 bits per heavy atom. The first kappa shape index (κ1) is 41.6. The molecule has 262 valence electrons. The summed E-state index contributed by atoms with van der Waals surface area (Å²) in [6, 6.07) is 5.49. The van der Waals surface area contributed by atoms with Crippen LogP contribution in [0.1, 0.15) is 121 Å². The van der Waals surface area contributed by atoms with Gasteiger partial charge >= 0.3 is 14.0 Å². The highest BCUT2D eigenvalue weighted by atomic mass is 31.2. The summed E-state index contributed by atoms with van der Waals surface area (Å²) in [5.74, 6) is 0.468. The summed E-state index contributed by atoms with van der Waals surface area (Å²) in [5, 5.41) is 3.40. The van der Waals surface area contributed by atoms with Crippen molar-refractivity contribution in [1.29, 1.82) is 0 Å². The molecular formula is C33H62NO9PSi. The first-order valence-corrected chi connectivity index (χ1v) is 20.0. The molecule has 0 heterocycles. The number of nitrogens with one attached hydrogen (secondary N) is 1. The van der Waals surface area contributed by atoms with Crippen LogP contribution in [0.3, 0.4) is 0 Å². The Hall–Kier alpha value is -1.46. The van der Waals surface area contributed by atoms with E-state index in [1.165, 1.54) is 0 Å². The molecular weight excluding hydrogens is 613 g/mol. The Kier molecular flexibility index (Phi) is 14.0. The van der Waals surface area contributed by atoms with E-state index < -0.39 is 45.2 Å². The lowest BCUT2D eigenvalue weighted by molar-refractivity contribution is -0.0283. The molecule has 0 spiro atoms. The Bertz CT molecular complexity index is 1130. The first-order valence-electron chi connectivity index (χ1n) is 15.6. The molecule has 0 saturated carbocycles. The maximum Gasteiger partial charge on any atom is 0.509 e. The highest BCUT2D eigenvalue weighted by Crippen LogP contribution is 2.55. The zero-order valence-electron chi connectivity index (χ0n) is 31.1. The average Bonchev–Trinajstić information content (AvgIpc) is 2.75. The van der Waals surface area contributed by atoms with Crippen molar-refractivity contribution in [3.8, 4) is 5.75 Å². The van der Waals surface area contributed by atoms with Gasteiger partial charge in [0.2, 0.25) is 0 Å². The van der Waals surface area contributed by atoms with Gasteiger partial charge in [0.15, 0.2) is 15.1 Å². The minimum atomic E-state index is -3.99. The van der Waals surface area contributed by atoms with Gasteiger partial charge in [-0.3, -0.25) is 9.05 Å². The number of benzene rings is 1. The van der Waals surface area contributed by atoms with Crippen LogP contribution in [-0.2, 0) is 38.6 Å². The Morgan fingerprint density at radius 2 is 1.38 bits per heavy atom. The lowest BCUT2D eigenvalue weighted by atomic mass is 10.0.